The molecule has 6 nitrogen and oxygen atoms in total. The highest BCUT2D eigenvalue weighted by atomic mass is 32.2. The largest absolute Gasteiger partial charge is 0.356 e. The molecule has 4 amide bonds. The topological polar surface area (TPSA) is 69.7 Å². The number of halogens is 1. The molecule has 1 N–H and O–H groups in total. The van der Waals surface area contributed by atoms with Gasteiger partial charge in [0.25, 0.3) is 0 Å². The Hall–Kier alpha value is -2.35. The van der Waals surface area contributed by atoms with Gasteiger partial charge >= 0.3 is 6.03 Å². The van der Waals surface area contributed by atoms with Crippen molar-refractivity contribution in [2.75, 3.05) is 13.1 Å². The van der Waals surface area contributed by atoms with E-state index in [0.29, 0.717) is 24.6 Å². The first kappa shape index (κ1) is 24.8. The molecule has 34 heavy (non-hydrogen) atoms. The van der Waals surface area contributed by atoms with Crippen LogP contribution in [0.1, 0.15) is 51.5 Å². The molecule has 3 aliphatic rings. The molecule has 8 heteroatoms. The van der Waals surface area contributed by atoms with Crippen LogP contribution in [0.2, 0.25) is 0 Å². The van der Waals surface area contributed by atoms with Crippen LogP contribution >= 0.6 is 11.8 Å². The average molecular weight is 488 g/mol. The number of fused-ring (bicyclic) bond motifs is 1. The Labute approximate surface area is 205 Å². The van der Waals surface area contributed by atoms with E-state index in [-0.39, 0.29) is 53.3 Å². The minimum absolute atomic E-state index is 0.0135. The number of thioether (sulfide) groups is 1. The second-order valence-electron chi connectivity index (χ2n) is 10.1. The number of amides is 4. The van der Waals surface area contributed by atoms with Gasteiger partial charge in [-0.05, 0) is 67.0 Å². The number of benzene rings is 1. The molecule has 2 fully saturated rings. The lowest BCUT2D eigenvalue weighted by Gasteiger charge is -2.43. The molecule has 2 atom stereocenters. The summed E-state index contributed by atoms with van der Waals surface area (Å²) in [6.07, 6.45) is 6.07. The van der Waals surface area contributed by atoms with Crippen molar-refractivity contribution in [1.29, 1.82) is 0 Å². The Bertz CT molecular complexity index is 945. The molecule has 4 rings (SSSR count). The van der Waals surface area contributed by atoms with E-state index >= 15 is 0 Å². The van der Waals surface area contributed by atoms with Crippen LogP contribution in [0.5, 0.6) is 0 Å². The Morgan fingerprint density at radius 1 is 1.21 bits per heavy atom. The Morgan fingerprint density at radius 3 is 2.68 bits per heavy atom. The van der Waals surface area contributed by atoms with Crippen molar-refractivity contribution in [3.8, 4) is 0 Å². The summed E-state index contributed by atoms with van der Waals surface area (Å²) in [5.74, 6) is 0.409. The lowest BCUT2D eigenvalue weighted by atomic mass is 9.81. The number of nitrogens with one attached hydrogen (secondary N) is 1. The van der Waals surface area contributed by atoms with Crippen molar-refractivity contribution in [1.82, 2.24) is 15.1 Å². The monoisotopic (exact) mass is 487 g/mol. The third-order valence-electron chi connectivity index (χ3n) is 7.08. The minimum Gasteiger partial charge on any atom is -0.356 e. The van der Waals surface area contributed by atoms with Crippen molar-refractivity contribution in [3.63, 3.8) is 0 Å². The van der Waals surface area contributed by atoms with Gasteiger partial charge in [-0.3, -0.25) is 14.5 Å². The van der Waals surface area contributed by atoms with Crippen LogP contribution in [-0.4, -0.2) is 52.0 Å². The van der Waals surface area contributed by atoms with Gasteiger partial charge in [0.15, 0.2) is 0 Å². The fourth-order valence-corrected chi connectivity index (χ4v) is 6.12. The normalized spacial score (nSPS) is 26.8. The number of urea groups is 1. The zero-order valence-electron chi connectivity index (χ0n) is 19.9. The van der Waals surface area contributed by atoms with Gasteiger partial charge in [0.05, 0.1) is 6.04 Å². The number of carbonyl (C=O) groups is 3. The number of hydrogen-bond acceptors (Lipinski definition) is 4. The van der Waals surface area contributed by atoms with Gasteiger partial charge in [-0.25, -0.2) is 9.18 Å². The molecule has 0 aromatic heterocycles. The van der Waals surface area contributed by atoms with Crippen LogP contribution in [0.4, 0.5) is 9.18 Å². The lowest BCUT2D eigenvalue weighted by molar-refractivity contribution is -0.132. The molecule has 1 saturated carbocycles. The fourth-order valence-electron chi connectivity index (χ4n) is 5.06. The molecular formula is C26H34FN3O3S. The average Bonchev–Trinajstić information content (AvgIpc) is 3.30. The summed E-state index contributed by atoms with van der Waals surface area (Å²) >= 11 is 1.44. The Kier molecular flexibility index (Phi) is 7.96. The molecule has 2 aliphatic heterocycles. The van der Waals surface area contributed by atoms with Gasteiger partial charge in [-0.2, -0.15) is 0 Å². The first-order valence-electron chi connectivity index (χ1n) is 12.3. The molecule has 0 radical (unpaired) electrons. The molecule has 2 heterocycles. The third kappa shape index (κ3) is 5.65. The molecule has 1 aromatic rings. The maximum absolute atomic E-state index is 13.7. The summed E-state index contributed by atoms with van der Waals surface area (Å²) in [6.45, 7) is 5.63. The maximum atomic E-state index is 13.7. The van der Waals surface area contributed by atoms with E-state index < -0.39 is 0 Å². The van der Waals surface area contributed by atoms with Gasteiger partial charge in [0, 0.05) is 25.6 Å². The highest BCUT2D eigenvalue weighted by molar-refractivity contribution is 8.03. The molecule has 0 bridgehead atoms. The summed E-state index contributed by atoms with van der Waals surface area (Å²) in [5.41, 5.74) is 0.704. The van der Waals surface area contributed by atoms with Crippen molar-refractivity contribution < 1.29 is 18.8 Å². The van der Waals surface area contributed by atoms with Crippen molar-refractivity contribution in [2.45, 2.75) is 63.8 Å². The van der Waals surface area contributed by atoms with Crippen LogP contribution in [0.15, 0.2) is 35.7 Å². The van der Waals surface area contributed by atoms with Crippen molar-refractivity contribution in [2.24, 2.45) is 17.8 Å². The van der Waals surface area contributed by atoms with Gasteiger partial charge in [0.1, 0.15) is 11.1 Å². The summed E-state index contributed by atoms with van der Waals surface area (Å²) in [5, 5.41) is 4.58. The molecule has 1 saturated heterocycles. The zero-order chi connectivity index (χ0) is 24.2. The van der Waals surface area contributed by atoms with E-state index in [1.54, 1.807) is 17.0 Å². The van der Waals surface area contributed by atoms with Crippen LogP contribution in [0.3, 0.4) is 0 Å². The SMILES string of the molecule is CC(C)CCNC(=O)C1CCC(CN2C(=O)C3SC=CC3N(Cc3cccc(F)c3)C2=O)CC1. The molecular weight excluding hydrogens is 453 g/mol. The number of rotatable bonds is 8. The quantitative estimate of drug-likeness (QED) is 0.584. The highest BCUT2D eigenvalue weighted by Crippen LogP contribution is 2.37. The van der Waals surface area contributed by atoms with E-state index in [2.05, 4.69) is 19.2 Å². The molecule has 1 aromatic carbocycles. The maximum Gasteiger partial charge on any atom is 0.327 e. The van der Waals surface area contributed by atoms with E-state index in [1.807, 2.05) is 11.5 Å². The number of hydrogen-bond donors (Lipinski definition) is 1. The predicted octanol–water partition coefficient (Wildman–Crippen LogP) is 4.56. The molecule has 184 valence electrons. The Morgan fingerprint density at radius 2 is 1.97 bits per heavy atom. The summed E-state index contributed by atoms with van der Waals surface area (Å²) < 4.78 is 13.7. The van der Waals surface area contributed by atoms with Gasteiger partial charge in [0.2, 0.25) is 11.8 Å². The zero-order valence-corrected chi connectivity index (χ0v) is 20.7. The number of carbonyl (C=O) groups excluding carboxylic acids is 3. The van der Waals surface area contributed by atoms with Crippen molar-refractivity contribution >= 4 is 29.6 Å². The predicted molar refractivity (Wildman–Crippen MR) is 131 cm³/mol. The van der Waals surface area contributed by atoms with Crippen LogP contribution in [-0.2, 0) is 16.1 Å². The number of nitrogens with zero attached hydrogens (tertiary/aromatic N) is 2. The third-order valence-corrected chi connectivity index (χ3v) is 8.17. The van der Waals surface area contributed by atoms with E-state index in [4.69, 9.17) is 0 Å². The molecule has 2 unspecified atom stereocenters. The lowest BCUT2D eigenvalue weighted by Crippen LogP contribution is -2.62. The summed E-state index contributed by atoms with van der Waals surface area (Å²) in [6, 6.07) is 5.63. The Balaban J connectivity index is 1.36. The minimum atomic E-state index is -0.352. The first-order chi connectivity index (χ1) is 16.3. The second-order valence-corrected chi connectivity index (χ2v) is 11.1. The molecule has 1 aliphatic carbocycles. The van der Waals surface area contributed by atoms with Crippen molar-refractivity contribution in [3.05, 3.63) is 47.1 Å². The highest BCUT2D eigenvalue weighted by Gasteiger charge is 2.47. The van der Waals surface area contributed by atoms with E-state index in [0.717, 1.165) is 32.1 Å². The van der Waals surface area contributed by atoms with E-state index in [9.17, 15) is 18.8 Å². The summed E-state index contributed by atoms with van der Waals surface area (Å²) in [4.78, 5) is 42.2. The molecule has 0 spiro atoms. The first-order valence-corrected chi connectivity index (χ1v) is 13.2. The van der Waals surface area contributed by atoms with Crippen LogP contribution < -0.4 is 5.32 Å². The van der Waals surface area contributed by atoms with Crippen LogP contribution in [0.25, 0.3) is 0 Å². The standard InChI is InChI=1S/C26H34FN3O3S/c1-17(2)10-12-28-24(31)20-8-6-18(7-9-20)15-30-25(32)23-22(11-13-34-23)29(26(30)33)16-19-4-3-5-21(27)14-19/h3-5,11,13-14,17-18,20,22-23H,6-10,12,15-16H2,1-2H3,(H,28,31). The van der Waals surface area contributed by atoms with Gasteiger partial charge in [-0.1, -0.05) is 32.1 Å². The summed E-state index contributed by atoms with van der Waals surface area (Å²) in [7, 11) is 0. The fraction of sp³-hybridized carbons (Fsp3) is 0.577. The van der Waals surface area contributed by atoms with Gasteiger partial charge < -0.3 is 10.2 Å². The van der Waals surface area contributed by atoms with Crippen LogP contribution in [0, 0.1) is 23.6 Å². The van der Waals surface area contributed by atoms with Gasteiger partial charge in [-0.15, -0.1) is 11.8 Å². The smallest absolute Gasteiger partial charge is 0.327 e. The van der Waals surface area contributed by atoms with E-state index in [1.165, 1.54) is 28.8 Å². The second kappa shape index (κ2) is 10.9. The number of imide groups is 1.